The molecule has 1 aromatic rings. The van der Waals surface area contributed by atoms with Gasteiger partial charge in [-0.05, 0) is 0 Å². The molecule has 4 nitrogen and oxygen atoms in total. The van der Waals surface area contributed by atoms with Gasteiger partial charge in [-0.3, -0.25) is 0 Å². The van der Waals surface area contributed by atoms with Gasteiger partial charge < -0.3 is 9.47 Å². The van der Waals surface area contributed by atoms with Crippen molar-refractivity contribution in [3.8, 4) is 24.1 Å². The Hall–Kier alpha value is -1.76. The summed E-state index contributed by atoms with van der Waals surface area (Å²) in [5.74, 6) is 3.06. The van der Waals surface area contributed by atoms with Crippen LogP contribution in [0, 0.1) is 12.3 Å². The fourth-order valence-corrected chi connectivity index (χ4v) is 0.686. The van der Waals surface area contributed by atoms with E-state index in [0.29, 0.717) is 24.8 Å². The van der Waals surface area contributed by atoms with Crippen LogP contribution >= 0.6 is 0 Å². The van der Waals surface area contributed by atoms with E-state index < -0.39 is 0 Å². The summed E-state index contributed by atoms with van der Waals surface area (Å²) in [7, 11) is 1.55. The van der Waals surface area contributed by atoms with E-state index in [0.717, 1.165) is 0 Å². The Morgan fingerprint density at radius 2 is 2.15 bits per heavy atom. The first kappa shape index (κ1) is 9.33. The van der Waals surface area contributed by atoms with Crippen molar-refractivity contribution >= 4 is 0 Å². The summed E-state index contributed by atoms with van der Waals surface area (Å²) < 4.78 is 10.0. The Bertz CT molecular complexity index is 289. The lowest BCUT2D eigenvalue weighted by molar-refractivity contribution is 0.298. The zero-order valence-electron chi connectivity index (χ0n) is 7.36. The monoisotopic (exact) mass is 178 g/mol. The maximum Gasteiger partial charge on any atom is 0.316 e. The number of hydrogen-bond donors (Lipinski definition) is 0. The first-order valence-electron chi connectivity index (χ1n) is 3.79. The van der Waals surface area contributed by atoms with Gasteiger partial charge in [0.2, 0.25) is 0 Å². The molecule has 0 aliphatic carbocycles. The lowest BCUT2D eigenvalue weighted by Gasteiger charge is -2.01. The number of methoxy groups -OCH3 is 1. The summed E-state index contributed by atoms with van der Waals surface area (Å²) in [5, 5.41) is 0. The van der Waals surface area contributed by atoms with Crippen molar-refractivity contribution in [3.63, 3.8) is 0 Å². The molecule has 0 atom stereocenters. The zero-order chi connectivity index (χ0) is 9.52. The average Bonchev–Trinajstić information content (AvgIpc) is 2.19. The number of rotatable bonds is 4. The Morgan fingerprint density at radius 3 is 2.69 bits per heavy atom. The molecule has 1 rings (SSSR count). The number of ether oxygens (including phenoxy) is 2. The van der Waals surface area contributed by atoms with Gasteiger partial charge >= 0.3 is 6.01 Å². The highest BCUT2D eigenvalue weighted by Gasteiger charge is 1.96. The molecule has 0 aliphatic rings. The fourth-order valence-electron chi connectivity index (χ4n) is 0.686. The summed E-state index contributed by atoms with van der Waals surface area (Å²) in [6.07, 6.45) is 8.68. The second kappa shape index (κ2) is 4.99. The highest BCUT2D eigenvalue weighted by atomic mass is 16.5. The lowest BCUT2D eigenvalue weighted by atomic mass is 10.5. The summed E-state index contributed by atoms with van der Waals surface area (Å²) in [6.45, 7) is 0.433. The zero-order valence-corrected chi connectivity index (χ0v) is 7.36. The molecule has 1 aromatic heterocycles. The molecule has 4 heteroatoms. The molecule has 0 saturated carbocycles. The number of aromatic nitrogens is 2. The molecule has 0 fully saturated rings. The highest BCUT2D eigenvalue weighted by molar-refractivity contribution is 5.13. The summed E-state index contributed by atoms with van der Waals surface area (Å²) >= 11 is 0. The molecule has 0 aromatic carbocycles. The van der Waals surface area contributed by atoms with Crippen molar-refractivity contribution in [1.82, 2.24) is 9.97 Å². The predicted octanol–water partition coefficient (Wildman–Crippen LogP) is 0.887. The summed E-state index contributed by atoms with van der Waals surface area (Å²) in [4.78, 5) is 7.79. The van der Waals surface area contributed by atoms with E-state index in [1.165, 1.54) is 12.4 Å². The Balaban J connectivity index is 2.45. The van der Waals surface area contributed by atoms with Crippen LogP contribution in [0.5, 0.6) is 11.8 Å². The lowest BCUT2D eigenvalue weighted by Crippen LogP contribution is -2.00. The summed E-state index contributed by atoms with van der Waals surface area (Å²) in [5.41, 5.74) is 0. The topological polar surface area (TPSA) is 44.2 Å². The normalized spacial score (nSPS) is 8.92. The number of terminal acetylenes is 1. The number of nitrogens with zero attached hydrogens (tertiary/aromatic N) is 2. The molecule has 0 radical (unpaired) electrons. The van der Waals surface area contributed by atoms with Gasteiger partial charge in [0.15, 0.2) is 5.75 Å². The van der Waals surface area contributed by atoms with E-state index in [1.54, 1.807) is 7.11 Å². The first-order valence-corrected chi connectivity index (χ1v) is 3.79. The van der Waals surface area contributed by atoms with E-state index in [2.05, 4.69) is 15.9 Å². The van der Waals surface area contributed by atoms with Crippen LogP contribution in [0.4, 0.5) is 0 Å². The first-order chi connectivity index (χ1) is 6.36. The second-order valence-electron chi connectivity index (χ2n) is 2.21. The minimum absolute atomic E-state index is 0.316. The molecule has 0 spiro atoms. The largest absolute Gasteiger partial charge is 0.494 e. The van der Waals surface area contributed by atoms with E-state index >= 15 is 0 Å². The van der Waals surface area contributed by atoms with Crippen LogP contribution in [0.25, 0.3) is 0 Å². The van der Waals surface area contributed by atoms with Crippen molar-refractivity contribution < 1.29 is 9.47 Å². The van der Waals surface area contributed by atoms with Gasteiger partial charge in [0.25, 0.3) is 0 Å². The van der Waals surface area contributed by atoms with Crippen LogP contribution in [0.1, 0.15) is 6.42 Å². The SMILES string of the molecule is C#CCCOc1ncc(OC)cn1. The van der Waals surface area contributed by atoms with Gasteiger partial charge in [-0.1, -0.05) is 0 Å². The third-order valence-corrected chi connectivity index (χ3v) is 1.32. The maximum absolute atomic E-state index is 5.13. The Morgan fingerprint density at radius 1 is 1.46 bits per heavy atom. The van der Waals surface area contributed by atoms with E-state index in [4.69, 9.17) is 15.9 Å². The Labute approximate surface area is 76.9 Å². The smallest absolute Gasteiger partial charge is 0.316 e. The third-order valence-electron chi connectivity index (χ3n) is 1.32. The molecule has 68 valence electrons. The molecule has 13 heavy (non-hydrogen) atoms. The third kappa shape index (κ3) is 2.99. The van der Waals surface area contributed by atoms with Crippen LogP contribution in [0.15, 0.2) is 12.4 Å². The van der Waals surface area contributed by atoms with E-state index in [1.807, 2.05) is 0 Å². The van der Waals surface area contributed by atoms with Gasteiger partial charge in [-0.15, -0.1) is 12.3 Å². The second-order valence-corrected chi connectivity index (χ2v) is 2.21. The van der Waals surface area contributed by atoms with Gasteiger partial charge in [-0.25, -0.2) is 0 Å². The molecular formula is C9H10N2O2. The van der Waals surface area contributed by atoms with Gasteiger partial charge in [0.1, 0.15) is 6.61 Å². The van der Waals surface area contributed by atoms with E-state index in [-0.39, 0.29) is 0 Å². The molecule has 1 heterocycles. The molecule has 0 bridgehead atoms. The fraction of sp³-hybridized carbons (Fsp3) is 0.333. The van der Waals surface area contributed by atoms with E-state index in [9.17, 15) is 0 Å². The van der Waals surface area contributed by atoms with Gasteiger partial charge in [-0.2, -0.15) is 9.97 Å². The Kier molecular flexibility index (Phi) is 3.58. The predicted molar refractivity (Wildman–Crippen MR) is 47.5 cm³/mol. The molecule has 0 unspecified atom stereocenters. The van der Waals surface area contributed by atoms with Crippen LogP contribution in [0.3, 0.4) is 0 Å². The molecule has 0 N–H and O–H groups in total. The minimum atomic E-state index is 0.316. The average molecular weight is 178 g/mol. The van der Waals surface area contributed by atoms with Crippen LogP contribution < -0.4 is 9.47 Å². The molecular weight excluding hydrogens is 168 g/mol. The van der Waals surface area contributed by atoms with Crippen LogP contribution in [-0.2, 0) is 0 Å². The minimum Gasteiger partial charge on any atom is -0.494 e. The van der Waals surface area contributed by atoms with Gasteiger partial charge in [0.05, 0.1) is 19.5 Å². The molecule has 0 amide bonds. The standard InChI is InChI=1S/C9H10N2O2/c1-3-4-5-13-9-10-6-8(12-2)7-11-9/h1,6-7H,4-5H2,2H3. The number of hydrogen-bond acceptors (Lipinski definition) is 4. The van der Waals surface area contributed by atoms with Crippen molar-refractivity contribution in [2.75, 3.05) is 13.7 Å². The van der Waals surface area contributed by atoms with Crippen LogP contribution in [0.2, 0.25) is 0 Å². The molecule has 0 saturated heterocycles. The maximum atomic E-state index is 5.13. The highest BCUT2D eigenvalue weighted by Crippen LogP contribution is 2.08. The molecule has 0 aliphatic heterocycles. The van der Waals surface area contributed by atoms with Crippen molar-refractivity contribution in [2.24, 2.45) is 0 Å². The van der Waals surface area contributed by atoms with Crippen molar-refractivity contribution in [3.05, 3.63) is 12.4 Å². The van der Waals surface area contributed by atoms with Gasteiger partial charge in [0, 0.05) is 6.42 Å². The summed E-state index contributed by atoms with van der Waals surface area (Å²) in [6, 6.07) is 0.316. The van der Waals surface area contributed by atoms with Crippen LogP contribution in [-0.4, -0.2) is 23.7 Å². The van der Waals surface area contributed by atoms with Crippen molar-refractivity contribution in [2.45, 2.75) is 6.42 Å². The quantitative estimate of drug-likeness (QED) is 0.507. The van der Waals surface area contributed by atoms with Crippen molar-refractivity contribution in [1.29, 1.82) is 0 Å².